The Bertz CT molecular complexity index is 575. The molecule has 0 aliphatic rings. The molecule has 0 heterocycles. The Morgan fingerprint density at radius 3 is 1.74 bits per heavy atom. The molecular weight excluding hydrogens is 386 g/mol. The van der Waals surface area contributed by atoms with Gasteiger partial charge < -0.3 is 42.7 Å². The highest BCUT2D eigenvalue weighted by molar-refractivity contribution is 7.80. The summed E-state index contributed by atoms with van der Waals surface area (Å²) in [5, 5.41) is 33.1. The fourth-order valence-corrected chi connectivity index (χ4v) is 1.94. The van der Waals surface area contributed by atoms with Crippen molar-refractivity contribution in [2.45, 2.75) is 30.6 Å². The maximum absolute atomic E-state index is 12.2. The lowest BCUT2D eigenvalue weighted by molar-refractivity contribution is -0.141. The summed E-state index contributed by atoms with van der Waals surface area (Å²) in [5.74, 6) is -5.65. The second-order valence-electron chi connectivity index (χ2n) is 5.35. The number of primary amides is 1. The highest BCUT2D eigenvalue weighted by atomic mass is 32.1. The van der Waals surface area contributed by atoms with Crippen LogP contribution >= 0.6 is 12.6 Å². The van der Waals surface area contributed by atoms with Gasteiger partial charge in [0.15, 0.2) is 0 Å². The van der Waals surface area contributed by atoms with Gasteiger partial charge in [0.25, 0.3) is 0 Å². The topological polar surface area (TPSA) is 234 Å². The first-order chi connectivity index (χ1) is 12.6. The zero-order valence-corrected chi connectivity index (χ0v) is 15.0. The summed E-state index contributed by atoms with van der Waals surface area (Å²) >= 11 is 3.76. The fourth-order valence-electron chi connectivity index (χ4n) is 1.70. The molecular formula is C13H23N5O8S. The minimum atomic E-state index is -1.56. The Morgan fingerprint density at radius 2 is 1.33 bits per heavy atom. The Hall–Kier alpha value is -2.42. The third kappa shape index (κ3) is 8.67. The molecule has 0 rings (SSSR count). The summed E-state index contributed by atoms with van der Waals surface area (Å²) in [5.41, 5.74) is 10.3. The van der Waals surface area contributed by atoms with Crippen LogP contribution in [0.4, 0.5) is 0 Å². The summed E-state index contributed by atoms with van der Waals surface area (Å²) in [6.07, 6.45) is -0.668. The number of aliphatic hydroxyl groups excluding tert-OH is 2. The van der Waals surface area contributed by atoms with Crippen LogP contribution in [-0.4, -0.2) is 88.1 Å². The van der Waals surface area contributed by atoms with Crippen molar-refractivity contribution < 1.29 is 39.3 Å². The number of aliphatic hydroxyl groups is 2. The largest absolute Gasteiger partial charge is 0.480 e. The first-order valence-electron chi connectivity index (χ1n) is 7.57. The number of amides is 4. The molecule has 4 atom stereocenters. The van der Waals surface area contributed by atoms with E-state index >= 15 is 0 Å². The average molecular weight is 409 g/mol. The van der Waals surface area contributed by atoms with Crippen LogP contribution in [0, 0.1) is 0 Å². The SMILES string of the molecule is NC(=O)CC(NC(=O)C(CO)NC(=O)C(N)CO)C(=O)NC(CS)C(=O)O. The van der Waals surface area contributed by atoms with Crippen LogP contribution in [-0.2, 0) is 24.0 Å². The monoisotopic (exact) mass is 409 g/mol. The van der Waals surface area contributed by atoms with Crippen molar-refractivity contribution >= 4 is 42.2 Å². The molecule has 0 spiro atoms. The number of nitrogens with one attached hydrogen (secondary N) is 3. The average Bonchev–Trinajstić information content (AvgIpc) is 2.61. The molecule has 0 aromatic rings. The first kappa shape index (κ1) is 24.6. The van der Waals surface area contributed by atoms with Crippen LogP contribution in [0.3, 0.4) is 0 Å². The Morgan fingerprint density at radius 1 is 0.852 bits per heavy atom. The van der Waals surface area contributed by atoms with Crippen molar-refractivity contribution in [3.8, 4) is 0 Å². The number of rotatable bonds is 12. The number of carbonyl (C=O) groups excluding carboxylic acids is 4. The normalized spacial score (nSPS) is 15.0. The summed E-state index contributed by atoms with van der Waals surface area (Å²) in [4.78, 5) is 58.0. The molecule has 0 saturated heterocycles. The molecule has 4 amide bonds. The summed E-state index contributed by atoms with van der Waals surface area (Å²) < 4.78 is 0. The molecule has 13 nitrogen and oxygen atoms in total. The van der Waals surface area contributed by atoms with E-state index in [1.165, 1.54) is 0 Å². The van der Waals surface area contributed by atoms with E-state index in [4.69, 9.17) is 21.7 Å². The molecule has 0 fully saturated rings. The van der Waals surface area contributed by atoms with E-state index < -0.39 is 73.4 Å². The summed E-state index contributed by atoms with van der Waals surface area (Å²) in [6, 6.07) is -5.83. The molecule has 27 heavy (non-hydrogen) atoms. The highest BCUT2D eigenvalue weighted by Gasteiger charge is 2.30. The van der Waals surface area contributed by atoms with Gasteiger partial charge in [-0.15, -0.1) is 0 Å². The van der Waals surface area contributed by atoms with Gasteiger partial charge in [-0.25, -0.2) is 4.79 Å². The molecule has 0 saturated carbocycles. The number of nitrogens with two attached hydrogens (primary N) is 2. The van der Waals surface area contributed by atoms with E-state index in [-0.39, 0.29) is 5.75 Å². The number of aliphatic carboxylic acids is 1. The van der Waals surface area contributed by atoms with Crippen molar-refractivity contribution in [3.63, 3.8) is 0 Å². The number of hydrogen-bond acceptors (Lipinski definition) is 9. The first-order valence-corrected chi connectivity index (χ1v) is 8.20. The van der Waals surface area contributed by atoms with Crippen LogP contribution in [0.15, 0.2) is 0 Å². The Balaban J connectivity index is 5.16. The number of thiol groups is 1. The van der Waals surface area contributed by atoms with Gasteiger partial charge in [-0.3, -0.25) is 19.2 Å². The maximum atomic E-state index is 12.2. The van der Waals surface area contributed by atoms with Gasteiger partial charge in [-0.05, 0) is 0 Å². The molecule has 0 aliphatic carbocycles. The van der Waals surface area contributed by atoms with E-state index in [1.54, 1.807) is 0 Å². The summed E-state index contributed by atoms with van der Waals surface area (Å²) in [6.45, 7) is -1.59. The predicted molar refractivity (Wildman–Crippen MR) is 93.2 cm³/mol. The van der Waals surface area contributed by atoms with Crippen LogP contribution in [0.2, 0.25) is 0 Å². The fraction of sp³-hybridized carbons (Fsp3) is 0.615. The quantitative estimate of drug-likeness (QED) is 0.140. The number of carboxylic acid groups (broad SMARTS) is 1. The Kier molecular flexibility index (Phi) is 11.0. The second kappa shape index (κ2) is 12.1. The van der Waals surface area contributed by atoms with E-state index in [0.29, 0.717) is 0 Å². The van der Waals surface area contributed by atoms with Gasteiger partial charge in [0.05, 0.1) is 19.6 Å². The lowest BCUT2D eigenvalue weighted by Gasteiger charge is -2.23. The molecule has 0 radical (unpaired) electrons. The number of hydrogen-bond donors (Lipinski definition) is 9. The Labute approximate surface area is 159 Å². The smallest absolute Gasteiger partial charge is 0.327 e. The van der Waals surface area contributed by atoms with E-state index in [0.717, 1.165) is 0 Å². The molecule has 10 N–H and O–H groups in total. The minimum Gasteiger partial charge on any atom is -0.480 e. The van der Waals surface area contributed by atoms with Crippen molar-refractivity contribution in [2.24, 2.45) is 11.5 Å². The third-order valence-electron chi connectivity index (χ3n) is 3.18. The maximum Gasteiger partial charge on any atom is 0.327 e. The van der Waals surface area contributed by atoms with Crippen LogP contribution in [0.25, 0.3) is 0 Å². The number of carboxylic acids is 1. The lowest BCUT2D eigenvalue weighted by atomic mass is 10.1. The molecule has 0 aromatic heterocycles. The molecule has 0 aromatic carbocycles. The number of carbonyl (C=O) groups is 5. The molecule has 0 aliphatic heterocycles. The van der Waals surface area contributed by atoms with Gasteiger partial charge in [-0.1, -0.05) is 0 Å². The molecule has 4 unspecified atom stereocenters. The second-order valence-corrected chi connectivity index (χ2v) is 5.71. The zero-order valence-electron chi connectivity index (χ0n) is 14.1. The molecule has 14 heteroatoms. The summed E-state index contributed by atoms with van der Waals surface area (Å²) in [7, 11) is 0. The minimum absolute atomic E-state index is 0.257. The van der Waals surface area contributed by atoms with Crippen molar-refractivity contribution in [2.75, 3.05) is 19.0 Å². The van der Waals surface area contributed by atoms with Crippen LogP contribution in [0.5, 0.6) is 0 Å². The molecule has 0 bridgehead atoms. The highest BCUT2D eigenvalue weighted by Crippen LogP contribution is 1.98. The van der Waals surface area contributed by atoms with E-state index in [2.05, 4.69) is 23.3 Å². The zero-order chi connectivity index (χ0) is 21.1. The van der Waals surface area contributed by atoms with Crippen molar-refractivity contribution in [1.82, 2.24) is 16.0 Å². The standard InChI is InChI=1S/C13H23N5O8S/c14-5(2-19)10(22)17-7(3-20)12(24)16-6(1-9(15)21)11(23)18-8(4-27)13(25)26/h5-8,19-20,27H,1-4,14H2,(H2,15,21)(H,16,24)(H,17,22)(H,18,23)(H,25,26). The predicted octanol–water partition coefficient (Wildman–Crippen LogP) is -5.36. The third-order valence-corrected chi connectivity index (χ3v) is 3.55. The van der Waals surface area contributed by atoms with Crippen molar-refractivity contribution in [1.29, 1.82) is 0 Å². The molecule has 154 valence electrons. The van der Waals surface area contributed by atoms with E-state index in [1.807, 2.05) is 5.32 Å². The van der Waals surface area contributed by atoms with E-state index in [9.17, 15) is 29.1 Å². The van der Waals surface area contributed by atoms with Crippen LogP contribution in [0.1, 0.15) is 6.42 Å². The lowest BCUT2D eigenvalue weighted by Crippen LogP contribution is -2.59. The van der Waals surface area contributed by atoms with Crippen LogP contribution < -0.4 is 27.4 Å². The van der Waals surface area contributed by atoms with Gasteiger partial charge in [0.1, 0.15) is 24.2 Å². The van der Waals surface area contributed by atoms with Crippen molar-refractivity contribution in [3.05, 3.63) is 0 Å². The van der Waals surface area contributed by atoms with Gasteiger partial charge in [0.2, 0.25) is 23.6 Å². The van der Waals surface area contributed by atoms with Gasteiger partial charge in [-0.2, -0.15) is 12.6 Å². The van der Waals surface area contributed by atoms with Gasteiger partial charge in [0, 0.05) is 5.75 Å². The van der Waals surface area contributed by atoms with Gasteiger partial charge >= 0.3 is 5.97 Å².